The molecule has 0 saturated carbocycles. The fourth-order valence-corrected chi connectivity index (χ4v) is 3.36. The standard InChI is InChI=1S/C14H19BrN2O4S/c15-12-5-3-11(4-6-12)8-16-14(18)10-22(19,20)17-9-13-2-1-7-21-13/h3-6,13,17H,1-2,7-10H2,(H,16,18). The van der Waals surface area contributed by atoms with Crippen LogP contribution < -0.4 is 10.0 Å². The summed E-state index contributed by atoms with van der Waals surface area (Å²) in [6.07, 6.45) is 1.71. The zero-order chi connectivity index (χ0) is 16.0. The number of carbonyl (C=O) groups excluding carboxylic acids is 1. The highest BCUT2D eigenvalue weighted by Crippen LogP contribution is 2.11. The number of rotatable bonds is 7. The number of hydrogen-bond donors (Lipinski definition) is 2. The molecule has 1 heterocycles. The Bertz CT molecular complexity index is 598. The molecule has 2 rings (SSSR count). The van der Waals surface area contributed by atoms with Crippen LogP contribution in [0, 0.1) is 0 Å². The van der Waals surface area contributed by atoms with Crippen molar-refractivity contribution < 1.29 is 17.9 Å². The van der Waals surface area contributed by atoms with Crippen molar-refractivity contribution in [2.75, 3.05) is 18.9 Å². The van der Waals surface area contributed by atoms with Gasteiger partial charge in [-0.1, -0.05) is 28.1 Å². The molecule has 1 saturated heterocycles. The van der Waals surface area contributed by atoms with E-state index in [1.54, 1.807) is 0 Å². The van der Waals surface area contributed by atoms with Crippen LogP contribution in [0.5, 0.6) is 0 Å². The molecule has 2 N–H and O–H groups in total. The van der Waals surface area contributed by atoms with Gasteiger partial charge in [0.15, 0.2) is 0 Å². The van der Waals surface area contributed by atoms with Crippen LogP contribution in [0.1, 0.15) is 18.4 Å². The van der Waals surface area contributed by atoms with E-state index in [-0.39, 0.29) is 12.6 Å². The molecule has 1 unspecified atom stereocenters. The van der Waals surface area contributed by atoms with Crippen molar-refractivity contribution in [1.82, 2.24) is 10.0 Å². The normalized spacial score (nSPS) is 18.3. The van der Waals surface area contributed by atoms with E-state index in [1.807, 2.05) is 24.3 Å². The average Bonchev–Trinajstić information content (AvgIpc) is 2.98. The topological polar surface area (TPSA) is 84.5 Å². The molecule has 1 aromatic rings. The lowest BCUT2D eigenvalue weighted by Gasteiger charge is -2.11. The molecule has 0 aliphatic carbocycles. The number of carbonyl (C=O) groups is 1. The van der Waals surface area contributed by atoms with Crippen molar-refractivity contribution in [1.29, 1.82) is 0 Å². The molecule has 1 atom stereocenters. The smallest absolute Gasteiger partial charge is 0.236 e. The SMILES string of the molecule is O=C(CS(=O)(=O)NCC1CCCO1)NCc1ccc(Br)cc1. The maximum absolute atomic E-state index is 11.8. The van der Waals surface area contributed by atoms with E-state index in [0.29, 0.717) is 13.2 Å². The Morgan fingerprint density at radius 3 is 2.68 bits per heavy atom. The first-order chi connectivity index (χ1) is 10.4. The molecular formula is C14H19BrN2O4S. The van der Waals surface area contributed by atoms with Crippen molar-refractivity contribution in [3.8, 4) is 0 Å². The maximum Gasteiger partial charge on any atom is 0.236 e. The van der Waals surface area contributed by atoms with E-state index in [0.717, 1.165) is 22.9 Å². The molecule has 6 nitrogen and oxygen atoms in total. The van der Waals surface area contributed by atoms with Crippen LogP contribution in [-0.2, 0) is 26.1 Å². The number of nitrogens with one attached hydrogen (secondary N) is 2. The molecule has 1 aliphatic rings. The van der Waals surface area contributed by atoms with Gasteiger partial charge in [-0.25, -0.2) is 13.1 Å². The van der Waals surface area contributed by atoms with Crippen molar-refractivity contribution >= 4 is 31.9 Å². The Morgan fingerprint density at radius 1 is 1.32 bits per heavy atom. The van der Waals surface area contributed by atoms with Gasteiger partial charge in [-0.05, 0) is 30.5 Å². The zero-order valence-corrected chi connectivity index (χ0v) is 14.5. The minimum absolute atomic E-state index is 0.0828. The highest BCUT2D eigenvalue weighted by Gasteiger charge is 2.20. The quantitative estimate of drug-likeness (QED) is 0.731. The molecule has 0 bridgehead atoms. The molecule has 22 heavy (non-hydrogen) atoms. The van der Waals surface area contributed by atoms with Gasteiger partial charge < -0.3 is 10.1 Å². The van der Waals surface area contributed by atoms with Gasteiger partial charge in [-0.15, -0.1) is 0 Å². The summed E-state index contributed by atoms with van der Waals surface area (Å²) in [6, 6.07) is 7.44. The summed E-state index contributed by atoms with van der Waals surface area (Å²) in [5.41, 5.74) is 0.904. The van der Waals surface area contributed by atoms with Gasteiger partial charge in [0, 0.05) is 24.2 Å². The van der Waals surface area contributed by atoms with Gasteiger partial charge in [0.05, 0.1) is 6.10 Å². The number of ether oxygens (including phenoxy) is 1. The van der Waals surface area contributed by atoms with E-state index in [4.69, 9.17) is 4.74 Å². The summed E-state index contributed by atoms with van der Waals surface area (Å²) < 4.78 is 32.3. The first-order valence-corrected chi connectivity index (χ1v) is 9.49. The van der Waals surface area contributed by atoms with Crippen LogP contribution in [0.2, 0.25) is 0 Å². The highest BCUT2D eigenvalue weighted by molar-refractivity contribution is 9.10. The lowest BCUT2D eigenvalue weighted by atomic mass is 10.2. The van der Waals surface area contributed by atoms with Gasteiger partial charge in [-0.2, -0.15) is 0 Å². The first-order valence-electron chi connectivity index (χ1n) is 7.05. The van der Waals surface area contributed by atoms with E-state index in [1.165, 1.54) is 0 Å². The molecule has 1 amide bonds. The third kappa shape index (κ3) is 6.04. The maximum atomic E-state index is 11.8. The summed E-state index contributed by atoms with van der Waals surface area (Å²) in [5.74, 6) is -1.10. The van der Waals surface area contributed by atoms with E-state index >= 15 is 0 Å². The molecular weight excluding hydrogens is 372 g/mol. The fourth-order valence-electron chi connectivity index (χ4n) is 2.10. The molecule has 1 aliphatic heterocycles. The molecule has 0 spiro atoms. The summed E-state index contributed by atoms with van der Waals surface area (Å²) >= 11 is 3.33. The zero-order valence-electron chi connectivity index (χ0n) is 12.0. The Hall–Kier alpha value is -0.960. The lowest BCUT2D eigenvalue weighted by Crippen LogP contribution is -2.39. The predicted molar refractivity (Wildman–Crippen MR) is 86.8 cm³/mol. The molecule has 0 radical (unpaired) electrons. The average molecular weight is 391 g/mol. The Kier molecular flexibility index (Phi) is 6.37. The van der Waals surface area contributed by atoms with Crippen molar-refractivity contribution in [3.63, 3.8) is 0 Å². The van der Waals surface area contributed by atoms with Crippen molar-refractivity contribution in [2.45, 2.75) is 25.5 Å². The minimum atomic E-state index is -3.63. The van der Waals surface area contributed by atoms with Crippen molar-refractivity contribution in [2.24, 2.45) is 0 Å². The van der Waals surface area contributed by atoms with Gasteiger partial charge in [0.25, 0.3) is 0 Å². The van der Waals surface area contributed by atoms with Gasteiger partial charge in [0.2, 0.25) is 15.9 Å². The fraction of sp³-hybridized carbons (Fsp3) is 0.500. The second-order valence-electron chi connectivity index (χ2n) is 5.15. The molecule has 1 aromatic carbocycles. The van der Waals surface area contributed by atoms with Gasteiger partial charge in [-0.3, -0.25) is 4.79 Å². The minimum Gasteiger partial charge on any atom is -0.377 e. The monoisotopic (exact) mass is 390 g/mol. The predicted octanol–water partition coefficient (Wildman–Crippen LogP) is 1.16. The van der Waals surface area contributed by atoms with Crippen LogP contribution in [0.15, 0.2) is 28.7 Å². The Balaban J connectivity index is 1.73. The summed E-state index contributed by atoms with van der Waals surface area (Å²) in [6.45, 7) is 1.19. The van der Waals surface area contributed by atoms with E-state index in [2.05, 4.69) is 26.0 Å². The highest BCUT2D eigenvalue weighted by atomic mass is 79.9. The van der Waals surface area contributed by atoms with Gasteiger partial charge in [0.1, 0.15) is 5.75 Å². The first kappa shape index (κ1) is 17.4. The van der Waals surface area contributed by atoms with Gasteiger partial charge >= 0.3 is 0 Å². The third-order valence-electron chi connectivity index (χ3n) is 3.28. The molecule has 0 aromatic heterocycles. The molecule has 8 heteroatoms. The lowest BCUT2D eigenvalue weighted by molar-refractivity contribution is -0.118. The second-order valence-corrected chi connectivity index (χ2v) is 7.87. The largest absolute Gasteiger partial charge is 0.377 e. The van der Waals surface area contributed by atoms with Crippen LogP contribution >= 0.6 is 15.9 Å². The molecule has 1 fully saturated rings. The Morgan fingerprint density at radius 2 is 2.05 bits per heavy atom. The Labute approximate surface area is 138 Å². The van der Waals surface area contributed by atoms with Crippen LogP contribution in [0.3, 0.4) is 0 Å². The summed E-state index contributed by atoms with van der Waals surface area (Å²) in [7, 11) is -3.63. The number of amides is 1. The third-order valence-corrected chi connectivity index (χ3v) is 5.06. The van der Waals surface area contributed by atoms with Crippen LogP contribution in [0.25, 0.3) is 0 Å². The number of sulfonamides is 1. The van der Waals surface area contributed by atoms with E-state index < -0.39 is 21.7 Å². The number of halogens is 1. The second kappa shape index (κ2) is 8.05. The summed E-state index contributed by atoms with van der Waals surface area (Å²) in [5, 5.41) is 2.60. The molecule has 122 valence electrons. The van der Waals surface area contributed by atoms with Crippen LogP contribution in [0.4, 0.5) is 0 Å². The number of hydrogen-bond acceptors (Lipinski definition) is 4. The van der Waals surface area contributed by atoms with E-state index in [9.17, 15) is 13.2 Å². The van der Waals surface area contributed by atoms with Crippen LogP contribution in [-0.4, -0.2) is 39.3 Å². The van der Waals surface area contributed by atoms with Crippen molar-refractivity contribution in [3.05, 3.63) is 34.3 Å². The number of benzene rings is 1. The summed E-state index contributed by atoms with van der Waals surface area (Å²) in [4.78, 5) is 11.7.